The summed E-state index contributed by atoms with van der Waals surface area (Å²) in [6.45, 7) is 7.47. The summed E-state index contributed by atoms with van der Waals surface area (Å²) < 4.78 is 24.6. The standard InChI is InChI=1S/C18H25N3O3S/c1-13-4-5-15(8-14(13)2)10-20-6-7-21-16(11-20)9-17(19-21)18(22)12-25(3,23)24/h4-5,8-9,18,22H,6-7,10-12H2,1-3H3/t18-/m0/s1. The van der Waals surface area contributed by atoms with Gasteiger partial charge in [0.15, 0.2) is 0 Å². The van der Waals surface area contributed by atoms with E-state index in [1.807, 2.05) is 10.7 Å². The molecule has 1 aliphatic heterocycles. The Morgan fingerprint density at radius 2 is 1.96 bits per heavy atom. The van der Waals surface area contributed by atoms with Crippen molar-refractivity contribution in [3.05, 3.63) is 52.3 Å². The summed E-state index contributed by atoms with van der Waals surface area (Å²) in [5.41, 5.74) is 5.33. The van der Waals surface area contributed by atoms with Crippen LogP contribution in [-0.2, 0) is 29.5 Å². The Bertz CT molecular complexity index is 874. The van der Waals surface area contributed by atoms with Crippen molar-refractivity contribution in [1.29, 1.82) is 0 Å². The highest BCUT2D eigenvalue weighted by atomic mass is 32.2. The van der Waals surface area contributed by atoms with Crippen molar-refractivity contribution < 1.29 is 13.5 Å². The minimum Gasteiger partial charge on any atom is -0.386 e. The van der Waals surface area contributed by atoms with Crippen LogP contribution in [0.1, 0.15) is 34.2 Å². The molecule has 25 heavy (non-hydrogen) atoms. The first-order chi connectivity index (χ1) is 11.7. The molecule has 2 heterocycles. The molecule has 2 aromatic rings. The molecule has 0 amide bonds. The summed E-state index contributed by atoms with van der Waals surface area (Å²) in [5.74, 6) is -0.296. The maximum absolute atomic E-state index is 11.4. The molecule has 6 nitrogen and oxygen atoms in total. The first-order valence-electron chi connectivity index (χ1n) is 8.42. The van der Waals surface area contributed by atoms with Gasteiger partial charge in [-0.15, -0.1) is 0 Å². The minimum atomic E-state index is -3.24. The van der Waals surface area contributed by atoms with Crippen molar-refractivity contribution >= 4 is 9.84 Å². The molecule has 136 valence electrons. The van der Waals surface area contributed by atoms with E-state index in [1.165, 1.54) is 16.7 Å². The molecule has 0 unspecified atom stereocenters. The number of benzene rings is 1. The van der Waals surface area contributed by atoms with Gasteiger partial charge >= 0.3 is 0 Å². The number of nitrogens with zero attached hydrogens (tertiary/aromatic N) is 3. The van der Waals surface area contributed by atoms with Gasteiger partial charge in [-0.2, -0.15) is 5.10 Å². The molecule has 0 spiro atoms. The van der Waals surface area contributed by atoms with Crippen LogP contribution >= 0.6 is 0 Å². The number of rotatable bonds is 5. The van der Waals surface area contributed by atoms with Gasteiger partial charge in [-0.3, -0.25) is 9.58 Å². The number of aromatic nitrogens is 2. The van der Waals surface area contributed by atoms with Gasteiger partial charge in [-0.1, -0.05) is 18.2 Å². The number of aliphatic hydroxyl groups is 1. The molecule has 0 radical (unpaired) electrons. The van der Waals surface area contributed by atoms with Gasteiger partial charge in [0.25, 0.3) is 0 Å². The molecule has 0 fully saturated rings. The smallest absolute Gasteiger partial charge is 0.150 e. The lowest BCUT2D eigenvalue weighted by molar-refractivity contribution is 0.191. The van der Waals surface area contributed by atoms with Crippen LogP contribution in [0, 0.1) is 13.8 Å². The van der Waals surface area contributed by atoms with E-state index >= 15 is 0 Å². The summed E-state index contributed by atoms with van der Waals surface area (Å²) in [6, 6.07) is 8.36. The molecule has 1 N–H and O–H groups in total. The monoisotopic (exact) mass is 363 g/mol. The third-order valence-electron chi connectivity index (χ3n) is 4.68. The van der Waals surface area contributed by atoms with Gasteiger partial charge in [0, 0.05) is 25.9 Å². The molecule has 0 saturated carbocycles. The predicted molar refractivity (Wildman–Crippen MR) is 96.9 cm³/mol. The minimum absolute atomic E-state index is 0.296. The summed E-state index contributed by atoms with van der Waals surface area (Å²) in [5, 5.41) is 14.5. The average molecular weight is 363 g/mol. The maximum atomic E-state index is 11.4. The number of aliphatic hydroxyl groups excluding tert-OH is 1. The SMILES string of the molecule is Cc1ccc(CN2CCn3nc([C@@H](O)CS(C)(=O)=O)cc3C2)cc1C. The largest absolute Gasteiger partial charge is 0.386 e. The third-order valence-corrected chi connectivity index (χ3v) is 5.60. The Labute approximate surface area is 149 Å². The van der Waals surface area contributed by atoms with Gasteiger partial charge in [0.2, 0.25) is 0 Å². The molecular formula is C18H25N3O3S. The lowest BCUT2D eigenvalue weighted by atomic mass is 10.1. The van der Waals surface area contributed by atoms with E-state index in [1.54, 1.807) is 0 Å². The van der Waals surface area contributed by atoms with Crippen molar-refractivity contribution in [3.8, 4) is 0 Å². The quantitative estimate of drug-likeness (QED) is 0.873. The van der Waals surface area contributed by atoms with Crippen LogP contribution < -0.4 is 0 Å². The Hall–Kier alpha value is -1.70. The number of aryl methyl sites for hydroxylation is 2. The van der Waals surface area contributed by atoms with Crippen LogP contribution in [0.3, 0.4) is 0 Å². The van der Waals surface area contributed by atoms with Gasteiger partial charge in [-0.05, 0) is 36.6 Å². The zero-order valence-electron chi connectivity index (χ0n) is 14.9. The zero-order chi connectivity index (χ0) is 18.2. The van der Waals surface area contributed by atoms with Crippen molar-refractivity contribution in [2.75, 3.05) is 18.6 Å². The Kier molecular flexibility index (Phi) is 4.99. The van der Waals surface area contributed by atoms with Crippen LogP contribution in [0.25, 0.3) is 0 Å². The Balaban J connectivity index is 1.70. The normalized spacial score (nSPS) is 16.6. The van der Waals surface area contributed by atoms with E-state index in [9.17, 15) is 13.5 Å². The number of hydrogen-bond donors (Lipinski definition) is 1. The van der Waals surface area contributed by atoms with Crippen LogP contribution in [0.5, 0.6) is 0 Å². The second kappa shape index (κ2) is 6.90. The van der Waals surface area contributed by atoms with Gasteiger partial charge < -0.3 is 5.11 Å². The highest BCUT2D eigenvalue weighted by molar-refractivity contribution is 7.90. The fraction of sp³-hybridized carbons (Fsp3) is 0.500. The fourth-order valence-electron chi connectivity index (χ4n) is 3.17. The van der Waals surface area contributed by atoms with Crippen molar-refractivity contribution in [1.82, 2.24) is 14.7 Å². The zero-order valence-corrected chi connectivity index (χ0v) is 15.8. The molecular weight excluding hydrogens is 338 g/mol. The molecule has 7 heteroatoms. The highest BCUT2D eigenvalue weighted by Crippen LogP contribution is 2.21. The number of fused-ring (bicyclic) bond motifs is 1. The second-order valence-corrected chi connectivity index (χ2v) is 9.21. The predicted octanol–water partition coefficient (Wildman–Crippen LogP) is 1.59. The van der Waals surface area contributed by atoms with Crippen molar-refractivity contribution in [3.63, 3.8) is 0 Å². The topological polar surface area (TPSA) is 75.4 Å². The molecule has 0 aliphatic carbocycles. The summed E-state index contributed by atoms with van der Waals surface area (Å²) in [6.07, 6.45) is 0.0543. The second-order valence-electron chi connectivity index (χ2n) is 7.02. The third kappa shape index (κ3) is 4.48. The lowest BCUT2D eigenvalue weighted by Gasteiger charge is -2.27. The highest BCUT2D eigenvalue weighted by Gasteiger charge is 2.23. The molecule has 0 saturated heterocycles. The first-order valence-corrected chi connectivity index (χ1v) is 10.5. The summed E-state index contributed by atoms with van der Waals surface area (Å²) in [7, 11) is -3.24. The Morgan fingerprint density at radius 3 is 2.64 bits per heavy atom. The molecule has 1 aliphatic rings. The van der Waals surface area contributed by atoms with Crippen molar-refractivity contribution in [2.24, 2.45) is 0 Å². The molecule has 3 rings (SSSR count). The lowest BCUT2D eigenvalue weighted by Crippen LogP contribution is -2.33. The maximum Gasteiger partial charge on any atom is 0.150 e. The van der Waals surface area contributed by atoms with Gasteiger partial charge in [0.1, 0.15) is 15.9 Å². The van der Waals surface area contributed by atoms with E-state index in [0.29, 0.717) is 5.69 Å². The molecule has 0 bridgehead atoms. The molecule has 1 aromatic carbocycles. The van der Waals surface area contributed by atoms with Crippen LogP contribution in [0.15, 0.2) is 24.3 Å². The van der Waals surface area contributed by atoms with E-state index in [-0.39, 0.29) is 5.75 Å². The fourth-order valence-corrected chi connectivity index (χ4v) is 3.92. The van der Waals surface area contributed by atoms with Crippen LogP contribution in [0.4, 0.5) is 0 Å². The van der Waals surface area contributed by atoms with Crippen LogP contribution in [-0.4, -0.2) is 46.8 Å². The van der Waals surface area contributed by atoms with Gasteiger partial charge in [0.05, 0.1) is 23.7 Å². The van der Waals surface area contributed by atoms with E-state index in [4.69, 9.17) is 0 Å². The van der Waals surface area contributed by atoms with E-state index < -0.39 is 15.9 Å². The number of hydrogen-bond acceptors (Lipinski definition) is 5. The van der Waals surface area contributed by atoms with Gasteiger partial charge in [-0.25, -0.2) is 8.42 Å². The van der Waals surface area contributed by atoms with Crippen molar-refractivity contribution in [2.45, 2.75) is 39.6 Å². The molecule has 1 atom stereocenters. The molecule has 1 aromatic heterocycles. The Morgan fingerprint density at radius 1 is 1.20 bits per heavy atom. The van der Waals surface area contributed by atoms with E-state index in [0.717, 1.165) is 38.1 Å². The first kappa shape index (κ1) is 18.1. The average Bonchev–Trinajstić information content (AvgIpc) is 2.93. The number of sulfone groups is 1. The summed E-state index contributed by atoms with van der Waals surface area (Å²) >= 11 is 0. The van der Waals surface area contributed by atoms with E-state index in [2.05, 4.69) is 42.0 Å². The van der Waals surface area contributed by atoms with Crippen LogP contribution in [0.2, 0.25) is 0 Å². The summed E-state index contributed by atoms with van der Waals surface area (Å²) in [4.78, 5) is 2.34.